The van der Waals surface area contributed by atoms with Crippen molar-refractivity contribution < 1.29 is 27.1 Å². The number of rotatable bonds is 9. The first kappa shape index (κ1) is 24.8. The van der Waals surface area contributed by atoms with Gasteiger partial charge in [-0.25, -0.2) is 12.8 Å². The summed E-state index contributed by atoms with van der Waals surface area (Å²) < 4.78 is 44.2. The minimum atomic E-state index is -3.60. The van der Waals surface area contributed by atoms with Crippen molar-refractivity contribution in [3.8, 4) is 0 Å². The summed E-state index contributed by atoms with van der Waals surface area (Å²) in [4.78, 5) is 26.7. The smallest absolute Gasteiger partial charge is 0.225 e. The van der Waals surface area contributed by atoms with Gasteiger partial charge in [-0.05, 0) is 37.3 Å². The monoisotopic (exact) mass is 477 g/mol. The first-order chi connectivity index (χ1) is 15.7. The van der Waals surface area contributed by atoms with Gasteiger partial charge in [-0.3, -0.25) is 14.5 Å². The number of carbonyl (C=O) groups is 2. The predicted molar refractivity (Wildman–Crippen MR) is 123 cm³/mol. The predicted octanol–water partition coefficient (Wildman–Crippen LogP) is 2.60. The molecular weight excluding hydrogens is 449 g/mol. The summed E-state index contributed by atoms with van der Waals surface area (Å²) in [6, 6.07) is 10.2. The number of sulfone groups is 1. The zero-order chi connectivity index (χ0) is 23.8. The fraction of sp³-hybridized carbons (Fsp3) is 0.391. The molecule has 0 unspecified atom stereocenters. The second-order valence-corrected chi connectivity index (χ2v) is 9.99. The summed E-state index contributed by atoms with van der Waals surface area (Å²) in [7, 11) is -3.60. The van der Waals surface area contributed by atoms with E-state index in [1.54, 1.807) is 12.1 Å². The first-order valence-corrected chi connectivity index (χ1v) is 12.4. The Morgan fingerprint density at radius 2 is 1.67 bits per heavy atom. The van der Waals surface area contributed by atoms with Gasteiger partial charge >= 0.3 is 0 Å². The molecule has 0 atom stereocenters. The minimum absolute atomic E-state index is 0.0490. The lowest BCUT2D eigenvalue weighted by molar-refractivity contribution is -0.117. The Hall–Kier alpha value is -2.82. The maximum Gasteiger partial charge on any atom is 0.225 e. The van der Waals surface area contributed by atoms with E-state index in [2.05, 4.69) is 15.5 Å². The number of hydrogen-bond donors (Lipinski definition) is 2. The Balaban J connectivity index is 1.52. The Morgan fingerprint density at radius 3 is 2.36 bits per heavy atom. The number of ether oxygens (including phenoxy) is 1. The van der Waals surface area contributed by atoms with Crippen molar-refractivity contribution in [1.29, 1.82) is 0 Å². The number of aryl methyl sites for hydroxylation is 1. The van der Waals surface area contributed by atoms with Gasteiger partial charge in [-0.2, -0.15) is 0 Å². The molecule has 1 fully saturated rings. The maximum atomic E-state index is 14.1. The molecule has 0 saturated carbocycles. The number of hydrogen-bond acceptors (Lipinski definition) is 6. The molecule has 3 rings (SSSR count). The summed E-state index contributed by atoms with van der Waals surface area (Å²) >= 11 is 0. The van der Waals surface area contributed by atoms with E-state index in [1.165, 1.54) is 24.3 Å². The lowest BCUT2D eigenvalue weighted by Crippen LogP contribution is -2.38. The Morgan fingerprint density at radius 1 is 1.00 bits per heavy atom. The number of benzene rings is 2. The van der Waals surface area contributed by atoms with Crippen LogP contribution < -0.4 is 10.6 Å². The van der Waals surface area contributed by atoms with Crippen LogP contribution in [0.3, 0.4) is 0 Å². The highest BCUT2D eigenvalue weighted by Gasteiger charge is 2.17. The number of carbonyl (C=O) groups excluding carboxylic acids is 2. The number of nitrogens with zero attached hydrogens (tertiary/aromatic N) is 1. The SMILES string of the molecule is Cc1ccc(S(=O)(=O)CCC(=O)Nc2ccc(F)c(NC(=O)CCN3CCOCC3)c2)cc1. The second-order valence-electron chi connectivity index (χ2n) is 7.88. The molecule has 2 N–H and O–H groups in total. The maximum absolute atomic E-state index is 14.1. The van der Waals surface area contributed by atoms with Crippen molar-refractivity contribution in [3.63, 3.8) is 0 Å². The highest BCUT2D eigenvalue weighted by atomic mass is 32.2. The van der Waals surface area contributed by atoms with E-state index in [1.807, 2.05) is 6.92 Å². The fourth-order valence-corrected chi connectivity index (χ4v) is 4.55. The molecule has 2 aromatic carbocycles. The number of amides is 2. The van der Waals surface area contributed by atoms with Gasteiger partial charge in [0.15, 0.2) is 9.84 Å². The summed E-state index contributed by atoms with van der Waals surface area (Å²) in [6.07, 6.45) is -0.0538. The molecule has 2 amide bonds. The summed E-state index contributed by atoms with van der Waals surface area (Å²) in [5.41, 5.74) is 1.15. The average Bonchev–Trinajstić information content (AvgIpc) is 2.80. The molecular formula is C23H28FN3O5S. The van der Waals surface area contributed by atoms with Crippen LogP contribution in [0.4, 0.5) is 15.8 Å². The zero-order valence-electron chi connectivity index (χ0n) is 18.5. The van der Waals surface area contributed by atoms with Gasteiger partial charge in [0, 0.05) is 38.2 Å². The van der Waals surface area contributed by atoms with Gasteiger partial charge in [0.1, 0.15) is 5.82 Å². The average molecular weight is 478 g/mol. The molecule has 2 aromatic rings. The van der Waals surface area contributed by atoms with Crippen LogP contribution >= 0.6 is 0 Å². The largest absolute Gasteiger partial charge is 0.379 e. The van der Waals surface area contributed by atoms with E-state index < -0.39 is 21.6 Å². The van der Waals surface area contributed by atoms with Gasteiger partial charge in [0.05, 0.1) is 29.5 Å². The molecule has 1 heterocycles. The molecule has 0 aliphatic carbocycles. The fourth-order valence-electron chi connectivity index (χ4n) is 3.31. The lowest BCUT2D eigenvalue weighted by Gasteiger charge is -2.26. The van der Waals surface area contributed by atoms with E-state index in [0.29, 0.717) is 19.8 Å². The van der Waals surface area contributed by atoms with Crippen LogP contribution in [0.25, 0.3) is 0 Å². The van der Waals surface area contributed by atoms with E-state index in [-0.39, 0.29) is 40.8 Å². The Bertz CT molecular complexity index is 1080. The summed E-state index contributed by atoms with van der Waals surface area (Å²) in [6.45, 7) is 5.16. The molecule has 0 spiro atoms. The van der Waals surface area contributed by atoms with Crippen LogP contribution in [0.15, 0.2) is 47.4 Å². The number of morpholine rings is 1. The van der Waals surface area contributed by atoms with E-state index >= 15 is 0 Å². The topological polar surface area (TPSA) is 105 Å². The van der Waals surface area contributed by atoms with Crippen molar-refractivity contribution in [3.05, 3.63) is 53.8 Å². The molecule has 0 radical (unpaired) electrons. The molecule has 1 saturated heterocycles. The zero-order valence-corrected chi connectivity index (χ0v) is 19.3. The molecule has 33 heavy (non-hydrogen) atoms. The van der Waals surface area contributed by atoms with E-state index in [0.717, 1.165) is 24.7 Å². The quantitative estimate of drug-likeness (QED) is 0.575. The van der Waals surface area contributed by atoms with Crippen molar-refractivity contribution in [1.82, 2.24) is 4.90 Å². The van der Waals surface area contributed by atoms with Gasteiger partial charge in [0.25, 0.3) is 0 Å². The van der Waals surface area contributed by atoms with Gasteiger partial charge in [-0.15, -0.1) is 0 Å². The van der Waals surface area contributed by atoms with Crippen molar-refractivity contribution >= 4 is 33.0 Å². The molecule has 1 aliphatic heterocycles. The van der Waals surface area contributed by atoms with Gasteiger partial charge in [-0.1, -0.05) is 17.7 Å². The van der Waals surface area contributed by atoms with Crippen molar-refractivity contribution in [2.45, 2.75) is 24.7 Å². The van der Waals surface area contributed by atoms with Crippen molar-refractivity contribution in [2.24, 2.45) is 0 Å². The molecule has 8 nitrogen and oxygen atoms in total. The molecule has 0 bridgehead atoms. The highest BCUT2D eigenvalue weighted by Crippen LogP contribution is 2.21. The minimum Gasteiger partial charge on any atom is -0.379 e. The van der Waals surface area contributed by atoms with Gasteiger partial charge in [0.2, 0.25) is 11.8 Å². The third-order valence-electron chi connectivity index (χ3n) is 5.26. The van der Waals surface area contributed by atoms with Crippen LogP contribution in [0.1, 0.15) is 18.4 Å². The number of nitrogens with one attached hydrogen (secondary N) is 2. The molecule has 1 aliphatic rings. The van der Waals surface area contributed by atoms with E-state index in [9.17, 15) is 22.4 Å². The summed E-state index contributed by atoms with van der Waals surface area (Å²) in [5, 5.41) is 5.08. The number of anilines is 2. The molecule has 10 heteroatoms. The third-order valence-corrected chi connectivity index (χ3v) is 6.99. The second kappa shape index (κ2) is 11.4. The highest BCUT2D eigenvalue weighted by molar-refractivity contribution is 7.91. The van der Waals surface area contributed by atoms with Crippen LogP contribution in [0.2, 0.25) is 0 Å². The van der Waals surface area contributed by atoms with Crippen LogP contribution in [-0.2, 0) is 24.2 Å². The van der Waals surface area contributed by atoms with E-state index in [4.69, 9.17) is 4.74 Å². The standard InChI is InChI=1S/C23H28FN3O5S/c1-17-2-5-19(6-3-17)33(30,31)15-9-23(29)25-18-4-7-20(24)21(16-18)26-22(28)8-10-27-11-13-32-14-12-27/h2-7,16H,8-15H2,1H3,(H,25,29)(H,26,28). The Kier molecular flexibility index (Phi) is 8.54. The number of halogens is 1. The molecule has 178 valence electrons. The normalized spacial score (nSPS) is 14.6. The van der Waals surface area contributed by atoms with Crippen LogP contribution in [-0.4, -0.2) is 63.7 Å². The summed E-state index contributed by atoms with van der Waals surface area (Å²) in [5.74, 6) is -1.85. The van der Waals surface area contributed by atoms with Crippen LogP contribution in [0, 0.1) is 12.7 Å². The molecule has 0 aromatic heterocycles. The van der Waals surface area contributed by atoms with Gasteiger partial charge < -0.3 is 15.4 Å². The van der Waals surface area contributed by atoms with Crippen LogP contribution in [0.5, 0.6) is 0 Å². The Labute approximate surface area is 193 Å². The first-order valence-electron chi connectivity index (χ1n) is 10.7. The van der Waals surface area contributed by atoms with Crippen molar-refractivity contribution in [2.75, 3.05) is 49.2 Å². The lowest BCUT2D eigenvalue weighted by atomic mass is 10.2. The third kappa shape index (κ3) is 7.62.